The molecule has 1 aromatic rings. The summed E-state index contributed by atoms with van der Waals surface area (Å²) in [6, 6.07) is 6.87. The van der Waals surface area contributed by atoms with Crippen molar-refractivity contribution in [1.29, 1.82) is 0 Å². The molecule has 5 heteroatoms. The van der Waals surface area contributed by atoms with Crippen LogP contribution in [-0.2, 0) is 0 Å². The SMILES string of the molecule is CCCC(O)CNC(=O)c1ccc(C(=O)NC2CC2)cc1. The van der Waals surface area contributed by atoms with Crippen molar-refractivity contribution < 1.29 is 14.7 Å². The van der Waals surface area contributed by atoms with E-state index in [2.05, 4.69) is 10.6 Å². The van der Waals surface area contributed by atoms with E-state index in [9.17, 15) is 14.7 Å². The third-order valence-corrected chi connectivity index (χ3v) is 3.44. The van der Waals surface area contributed by atoms with Crippen LogP contribution in [0.4, 0.5) is 0 Å². The topological polar surface area (TPSA) is 78.4 Å². The molecule has 2 rings (SSSR count). The van der Waals surface area contributed by atoms with Gasteiger partial charge in [0.25, 0.3) is 11.8 Å². The van der Waals surface area contributed by atoms with Gasteiger partial charge in [0.15, 0.2) is 0 Å². The molecule has 0 heterocycles. The Morgan fingerprint density at radius 3 is 2.29 bits per heavy atom. The number of aliphatic hydroxyl groups is 1. The third kappa shape index (κ3) is 4.86. The smallest absolute Gasteiger partial charge is 0.251 e. The molecule has 5 nitrogen and oxygen atoms in total. The highest BCUT2D eigenvalue weighted by Gasteiger charge is 2.23. The van der Waals surface area contributed by atoms with Gasteiger partial charge in [-0.15, -0.1) is 0 Å². The van der Waals surface area contributed by atoms with E-state index in [1.54, 1.807) is 24.3 Å². The second-order valence-electron chi connectivity index (χ2n) is 5.48. The van der Waals surface area contributed by atoms with Crippen molar-refractivity contribution in [3.8, 4) is 0 Å². The summed E-state index contributed by atoms with van der Waals surface area (Å²) < 4.78 is 0. The first kappa shape index (κ1) is 15.5. The highest BCUT2D eigenvalue weighted by molar-refractivity contribution is 5.98. The van der Waals surface area contributed by atoms with E-state index in [0.717, 1.165) is 19.3 Å². The minimum atomic E-state index is -0.512. The number of hydrogen-bond donors (Lipinski definition) is 3. The highest BCUT2D eigenvalue weighted by Crippen LogP contribution is 2.19. The monoisotopic (exact) mass is 290 g/mol. The molecular weight excluding hydrogens is 268 g/mol. The summed E-state index contributed by atoms with van der Waals surface area (Å²) in [6.45, 7) is 2.23. The molecule has 1 aliphatic rings. The summed E-state index contributed by atoms with van der Waals surface area (Å²) in [5.74, 6) is -0.331. The summed E-state index contributed by atoms with van der Waals surface area (Å²) in [7, 11) is 0. The molecule has 2 amide bonds. The molecule has 1 aromatic carbocycles. The molecule has 0 aliphatic heterocycles. The molecule has 114 valence electrons. The van der Waals surface area contributed by atoms with Crippen LogP contribution in [0.3, 0.4) is 0 Å². The fourth-order valence-electron chi connectivity index (χ4n) is 2.02. The molecule has 0 aromatic heterocycles. The average Bonchev–Trinajstić information content (AvgIpc) is 3.29. The van der Waals surface area contributed by atoms with Crippen LogP contribution in [0.15, 0.2) is 24.3 Å². The van der Waals surface area contributed by atoms with Crippen LogP contribution >= 0.6 is 0 Å². The van der Waals surface area contributed by atoms with Gasteiger partial charge in [0, 0.05) is 23.7 Å². The number of carbonyl (C=O) groups excluding carboxylic acids is 2. The Morgan fingerprint density at radius 2 is 1.76 bits per heavy atom. The Bertz CT molecular complexity index is 495. The molecule has 0 spiro atoms. The van der Waals surface area contributed by atoms with E-state index in [-0.39, 0.29) is 18.4 Å². The predicted octanol–water partition coefficient (Wildman–Crippen LogP) is 1.47. The summed E-state index contributed by atoms with van der Waals surface area (Å²) in [5.41, 5.74) is 1.05. The van der Waals surface area contributed by atoms with Gasteiger partial charge in [0.2, 0.25) is 0 Å². The van der Waals surface area contributed by atoms with E-state index < -0.39 is 6.10 Å². The lowest BCUT2D eigenvalue weighted by Crippen LogP contribution is -2.32. The quantitative estimate of drug-likeness (QED) is 0.711. The van der Waals surface area contributed by atoms with Gasteiger partial charge in [0.05, 0.1) is 6.10 Å². The first-order valence-corrected chi connectivity index (χ1v) is 7.47. The van der Waals surface area contributed by atoms with E-state index >= 15 is 0 Å². The minimum absolute atomic E-state index is 0.0946. The highest BCUT2D eigenvalue weighted by atomic mass is 16.3. The predicted molar refractivity (Wildman–Crippen MR) is 80.2 cm³/mol. The van der Waals surface area contributed by atoms with Gasteiger partial charge in [-0.3, -0.25) is 9.59 Å². The van der Waals surface area contributed by atoms with Crippen molar-refractivity contribution in [2.75, 3.05) is 6.54 Å². The maximum atomic E-state index is 11.9. The first-order valence-electron chi connectivity index (χ1n) is 7.47. The van der Waals surface area contributed by atoms with E-state index in [4.69, 9.17) is 0 Å². The van der Waals surface area contributed by atoms with Crippen LogP contribution in [-0.4, -0.2) is 35.6 Å². The first-order chi connectivity index (χ1) is 10.1. The van der Waals surface area contributed by atoms with Crippen molar-refractivity contribution >= 4 is 11.8 Å². The van der Waals surface area contributed by atoms with Crippen LogP contribution in [0.5, 0.6) is 0 Å². The molecule has 1 unspecified atom stereocenters. The Labute approximate surface area is 124 Å². The molecule has 1 atom stereocenters. The summed E-state index contributed by atoms with van der Waals surface area (Å²) in [6.07, 6.45) is 3.13. The van der Waals surface area contributed by atoms with Crippen LogP contribution in [0, 0.1) is 0 Å². The number of rotatable bonds is 7. The minimum Gasteiger partial charge on any atom is -0.391 e. The summed E-state index contributed by atoms with van der Waals surface area (Å²) in [4.78, 5) is 23.7. The van der Waals surface area contributed by atoms with Gasteiger partial charge >= 0.3 is 0 Å². The van der Waals surface area contributed by atoms with Gasteiger partial charge in [-0.1, -0.05) is 13.3 Å². The molecule has 1 fully saturated rings. The third-order valence-electron chi connectivity index (χ3n) is 3.44. The maximum Gasteiger partial charge on any atom is 0.251 e. The molecule has 3 N–H and O–H groups in total. The second kappa shape index (κ2) is 7.22. The number of aliphatic hydroxyl groups excluding tert-OH is 1. The average molecular weight is 290 g/mol. The van der Waals surface area contributed by atoms with Crippen LogP contribution < -0.4 is 10.6 Å². The molecule has 0 radical (unpaired) electrons. The zero-order chi connectivity index (χ0) is 15.2. The Balaban J connectivity index is 1.85. The summed E-state index contributed by atoms with van der Waals surface area (Å²) >= 11 is 0. The van der Waals surface area contributed by atoms with Crippen molar-refractivity contribution in [3.05, 3.63) is 35.4 Å². The normalized spacial score (nSPS) is 15.3. The number of carbonyl (C=O) groups is 2. The molecule has 0 bridgehead atoms. The lowest BCUT2D eigenvalue weighted by atomic mass is 10.1. The molecular formula is C16H22N2O3. The molecule has 1 aliphatic carbocycles. The lowest BCUT2D eigenvalue weighted by Gasteiger charge is -2.11. The number of nitrogens with one attached hydrogen (secondary N) is 2. The molecule has 21 heavy (non-hydrogen) atoms. The number of benzene rings is 1. The fraction of sp³-hybridized carbons (Fsp3) is 0.500. The van der Waals surface area contributed by atoms with Crippen LogP contribution in [0.2, 0.25) is 0 Å². The Hall–Kier alpha value is -1.88. The van der Waals surface area contributed by atoms with Crippen LogP contribution in [0.25, 0.3) is 0 Å². The fourth-order valence-corrected chi connectivity index (χ4v) is 2.02. The van der Waals surface area contributed by atoms with Crippen molar-refractivity contribution in [2.24, 2.45) is 0 Å². The largest absolute Gasteiger partial charge is 0.391 e. The van der Waals surface area contributed by atoms with Crippen LogP contribution in [0.1, 0.15) is 53.3 Å². The lowest BCUT2D eigenvalue weighted by molar-refractivity contribution is 0.0907. The maximum absolute atomic E-state index is 11.9. The summed E-state index contributed by atoms with van der Waals surface area (Å²) in [5, 5.41) is 15.2. The second-order valence-corrected chi connectivity index (χ2v) is 5.48. The molecule has 0 saturated heterocycles. The number of hydrogen-bond acceptors (Lipinski definition) is 3. The van der Waals surface area contributed by atoms with E-state index in [1.165, 1.54) is 0 Å². The Kier molecular flexibility index (Phi) is 5.33. The van der Waals surface area contributed by atoms with Gasteiger partial charge in [0.1, 0.15) is 0 Å². The van der Waals surface area contributed by atoms with Gasteiger partial charge < -0.3 is 15.7 Å². The number of amides is 2. The van der Waals surface area contributed by atoms with Gasteiger partial charge in [-0.2, -0.15) is 0 Å². The van der Waals surface area contributed by atoms with Crippen molar-refractivity contribution in [1.82, 2.24) is 10.6 Å². The zero-order valence-electron chi connectivity index (χ0n) is 12.3. The molecule has 1 saturated carbocycles. The zero-order valence-corrected chi connectivity index (χ0v) is 12.3. The van der Waals surface area contributed by atoms with E-state index in [0.29, 0.717) is 23.6 Å². The van der Waals surface area contributed by atoms with E-state index in [1.807, 2.05) is 6.92 Å². The van der Waals surface area contributed by atoms with Gasteiger partial charge in [-0.05, 0) is 43.5 Å². The van der Waals surface area contributed by atoms with Gasteiger partial charge in [-0.25, -0.2) is 0 Å². The van der Waals surface area contributed by atoms with Crippen molar-refractivity contribution in [3.63, 3.8) is 0 Å². The standard InChI is InChI=1S/C16H22N2O3/c1-2-3-14(19)10-17-15(20)11-4-6-12(7-5-11)16(21)18-13-8-9-13/h4-7,13-14,19H,2-3,8-10H2,1H3,(H,17,20)(H,18,21). The Morgan fingerprint density at radius 1 is 1.19 bits per heavy atom. The van der Waals surface area contributed by atoms with Crippen molar-refractivity contribution in [2.45, 2.75) is 44.8 Å².